The molecule has 4 nitrogen and oxygen atoms in total. The number of aryl methyl sites for hydroxylation is 1. The van der Waals surface area contributed by atoms with Gasteiger partial charge in [-0.25, -0.2) is 8.78 Å². The van der Waals surface area contributed by atoms with E-state index in [2.05, 4.69) is 5.32 Å². The fourth-order valence-corrected chi connectivity index (χ4v) is 3.31. The van der Waals surface area contributed by atoms with E-state index in [9.17, 15) is 18.4 Å². The van der Waals surface area contributed by atoms with Gasteiger partial charge in [0.25, 0.3) is 0 Å². The number of halogens is 2. The maximum absolute atomic E-state index is 13.2. The van der Waals surface area contributed by atoms with Gasteiger partial charge in [0.2, 0.25) is 11.8 Å². The second-order valence-electron chi connectivity index (χ2n) is 6.67. The highest BCUT2D eigenvalue weighted by molar-refractivity contribution is 5.89. The molecule has 0 bridgehead atoms. The number of benzene rings is 2. The van der Waals surface area contributed by atoms with Crippen LogP contribution in [0.25, 0.3) is 0 Å². The van der Waals surface area contributed by atoms with Gasteiger partial charge >= 0.3 is 0 Å². The Kier molecular flexibility index (Phi) is 6.16. The summed E-state index contributed by atoms with van der Waals surface area (Å²) in [6, 6.07) is 11.3. The Labute approximate surface area is 157 Å². The van der Waals surface area contributed by atoms with Gasteiger partial charge in [-0.1, -0.05) is 24.3 Å². The summed E-state index contributed by atoms with van der Waals surface area (Å²) in [6.07, 6.45) is 2.60. The summed E-state index contributed by atoms with van der Waals surface area (Å²) in [5.74, 6) is -0.969. The van der Waals surface area contributed by atoms with E-state index in [1.54, 1.807) is 29.2 Å². The lowest BCUT2D eigenvalue weighted by molar-refractivity contribution is -0.143. The molecule has 2 aromatic rings. The summed E-state index contributed by atoms with van der Waals surface area (Å²) < 4.78 is 26.1. The number of nitrogens with one attached hydrogen (secondary N) is 1. The summed E-state index contributed by atoms with van der Waals surface area (Å²) in [4.78, 5) is 26.6. The van der Waals surface area contributed by atoms with Crippen LogP contribution in [0.1, 0.15) is 36.4 Å². The number of nitrogens with zero attached hydrogens (tertiary/aromatic N) is 1. The summed E-state index contributed by atoms with van der Waals surface area (Å²) in [5.41, 5.74) is 1.64. The van der Waals surface area contributed by atoms with Gasteiger partial charge in [0.1, 0.15) is 17.7 Å². The van der Waals surface area contributed by atoms with Crippen LogP contribution in [0.5, 0.6) is 0 Å². The van der Waals surface area contributed by atoms with Crippen molar-refractivity contribution in [1.82, 2.24) is 10.2 Å². The van der Waals surface area contributed by atoms with E-state index in [1.165, 1.54) is 24.3 Å². The number of piperazine rings is 1. The van der Waals surface area contributed by atoms with Crippen LogP contribution in [-0.2, 0) is 16.0 Å². The van der Waals surface area contributed by atoms with Crippen molar-refractivity contribution < 1.29 is 18.4 Å². The minimum absolute atomic E-state index is 0.0849. The van der Waals surface area contributed by atoms with Crippen LogP contribution in [-0.4, -0.2) is 29.8 Å². The van der Waals surface area contributed by atoms with Crippen molar-refractivity contribution >= 4 is 11.8 Å². The Hall–Kier alpha value is -2.76. The zero-order valence-corrected chi connectivity index (χ0v) is 15.0. The molecule has 0 aromatic heterocycles. The molecule has 1 unspecified atom stereocenters. The lowest BCUT2D eigenvalue weighted by Gasteiger charge is -2.35. The van der Waals surface area contributed by atoms with Gasteiger partial charge < -0.3 is 10.2 Å². The highest BCUT2D eigenvalue weighted by Gasteiger charge is 2.33. The molecule has 3 rings (SSSR count). The average Bonchev–Trinajstić information content (AvgIpc) is 2.67. The molecular weight excluding hydrogens is 350 g/mol. The molecule has 0 aliphatic carbocycles. The molecule has 2 amide bonds. The van der Waals surface area contributed by atoms with Crippen LogP contribution >= 0.6 is 0 Å². The molecule has 0 saturated carbocycles. The molecule has 1 saturated heterocycles. The van der Waals surface area contributed by atoms with E-state index in [1.807, 2.05) is 0 Å². The number of hydrogen-bond donors (Lipinski definition) is 1. The molecule has 6 heteroatoms. The molecular formula is C21H22F2N2O2. The van der Waals surface area contributed by atoms with Crippen LogP contribution < -0.4 is 5.32 Å². The molecule has 1 fully saturated rings. The highest BCUT2D eigenvalue weighted by Crippen LogP contribution is 2.25. The van der Waals surface area contributed by atoms with Crippen molar-refractivity contribution in [3.8, 4) is 0 Å². The largest absolute Gasteiger partial charge is 0.352 e. The minimum atomic E-state index is -0.719. The quantitative estimate of drug-likeness (QED) is 0.791. The fourth-order valence-electron chi connectivity index (χ4n) is 3.31. The number of carbonyl (C=O) groups is 2. The van der Waals surface area contributed by atoms with Crippen LogP contribution in [0.4, 0.5) is 8.78 Å². The molecule has 1 atom stereocenters. The molecule has 142 valence electrons. The van der Waals surface area contributed by atoms with Crippen LogP contribution in [0, 0.1) is 11.6 Å². The van der Waals surface area contributed by atoms with Gasteiger partial charge in [-0.3, -0.25) is 9.59 Å². The topological polar surface area (TPSA) is 49.4 Å². The average molecular weight is 372 g/mol. The van der Waals surface area contributed by atoms with E-state index in [-0.39, 0.29) is 23.4 Å². The summed E-state index contributed by atoms with van der Waals surface area (Å²) in [7, 11) is 0. The molecule has 0 radical (unpaired) electrons. The number of unbranched alkanes of at least 4 members (excludes halogenated alkanes) is 1. The van der Waals surface area contributed by atoms with Gasteiger partial charge in [-0.2, -0.15) is 0 Å². The Balaban J connectivity index is 1.57. The van der Waals surface area contributed by atoms with E-state index < -0.39 is 6.04 Å². The van der Waals surface area contributed by atoms with Gasteiger partial charge in [0, 0.05) is 19.5 Å². The minimum Gasteiger partial charge on any atom is -0.352 e. The first kappa shape index (κ1) is 19.0. The zero-order chi connectivity index (χ0) is 19.2. The Bertz CT molecular complexity index is 791. The third-order valence-corrected chi connectivity index (χ3v) is 4.74. The second kappa shape index (κ2) is 8.75. The number of hydrogen-bond acceptors (Lipinski definition) is 2. The Morgan fingerprint density at radius 3 is 2.30 bits per heavy atom. The summed E-state index contributed by atoms with van der Waals surface area (Å²) in [6.45, 7) is 0.850. The normalized spacial score (nSPS) is 16.9. The van der Waals surface area contributed by atoms with E-state index in [0.29, 0.717) is 31.5 Å². The Morgan fingerprint density at radius 1 is 1.00 bits per heavy atom. The molecule has 1 heterocycles. The fraction of sp³-hybridized carbons (Fsp3) is 0.333. The highest BCUT2D eigenvalue weighted by atomic mass is 19.1. The van der Waals surface area contributed by atoms with Gasteiger partial charge in [-0.15, -0.1) is 0 Å². The first-order valence-corrected chi connectivity index (χ1v) is 9.11. The molecule has 1 aliphatic heterocycles. The number of carbonyl (C=O) groups excluding carboxylic acids is 2. The van der Waals surface area contributed by atoms with Gasteiger partial charge in [0.05, 0.1) is 0 Å². The van der Waals surface area contributed by atoms with Crippen molar-refractivity contribution in [2.45, 2.75) is 31.7 Å². The van der Waals surface area contributed by atoms with E-state index in [4.69, 9.17) is 0 Å². The molecule has 27 heavy (non-hydrogen) atoms. The lowest BCUT2D eigenvalue weighted by atomic mass is 10.0. The van der Waals surface area contributed by atoms with Crippen LogP contribution in [0.15, 0.2) is 48.5 Å². The zero-order valence-electron chi connectivity index (χ0n) is 15.0. The van der Waals surface area contributed by atoms with Crippen molar-refractivity contribution in [3.63, 3.8) is 0 Å². The number of amides is 2. The predicted molar refractivity (Wildman–Crippen MR) is 97.8 cm³/mol. The second-order valence-corrected chi connectivity index (χ2v) is 6.67. The maximum atomic E-state index is 13.2. The van der Waals surface area contributed by atoms with E-state index in [0.717, 1.165) is 18.4 Å². The molecule has 2 aromatic carbocycles. The van der Waals surface area contributed by atoms with E-state index >= 15 is 0 Å². The first-order chi connectivity index (χ1) is 13.0. The standard InChI is InChI=1S/C21H22F2N2O2/c22-17-9-5-15(6-10-17)3-1-2-4-19(26)25-14-13-24-21(27)20(25)16-7-11-18(23)12-8-16/h5-12,20H,1-4,13-14H2,(H,24,27). The van der Waals surface area contributed by atoms with Gasteiger partial charge in [-0.05, 0) is 54.7 Å². The predicted octanol–water partition coefficient (Wildman–Crippen LogP) is 3.38. The van der Waals surface area contributed by atoms with Crippen molar-refractivity contribution in [2.75, 3.05) is 13.1 Å². The maximum Gasteiger partial charge on any atom is 0.247 e. The molecule has 0 spiro atoms. The third kappa shape index (κ3) is 4.90. The van der Waals surface area contributed by atoms with Crippen molar-refractivity contribution in [2.24, 2.45) is 0 Å². The lowest BCUT2D eigenvalue weighted by Crippen LogP contribution is -2.52. The van der Waals surface area contributed by atoms with Crippen LogP contribution in [0.2, 0.25) is 0 Å². The number of rotatable bonds is 6. The monoisotopic (exact) mass is 372 g/mol. The third-order valence-electron chi connectivity index (χ3n) is 4.74. The first-order valence-electron chi connectivity index (χ1n) is 9.11. The molecule has 1 N–H and O–H groups in total. The molecule has 1 aliphatic rings. The smallest absolute Gasteiger partial charge is 0.247 e. The van der Waals surface area contributed by atoms with Crippen molar-refractivity contribution in [3.05, 3.63) is 71.3 Å². The Morgan fingerprint density at radius 2 is 1.63 bits per heavy atom. The summed E-state index contributed by atoms with van der Waals surface area (Å²) >= 11 is 0. The van der Waals surface area contributed by atoms with Crippen LogP contribution in [0.3, 0.4) is 0 Å². The van der Waals surface area contributed by atoms with Gasteiger partial charge in [0.15, 0.2) is 0 Å². The summed E-state index contributed by atoms with van der Waals surface area (Å²) in [5, 5.41) is 2.77. The SMILES string of the molecule is O=C1NCCN(C(=O)CCCCc2ccc(F)cc2)C1c1ccc(F)cc1. The van der Waals surface area contributed by atoms with Crippen molar-refractivity contribution in [1.29, 1.82) is 0 Å².